The van der Waals surface area contributed by atoms with E-state index in [0.717, 1.165) is 11.3 Å². The first-order chi connectivity index (χ1) is 6.77. The molecule has 0 heterocycles. The van der Waals surface area contributed by atoms with Crippen molar-refractivity contribution in [2.75, 3.05) is 5.75 Å². The van der Waals surface area contributed by atoms with Crippen LogP contribution in [-0.2, 0) is 0 Å². The van der Waals surface area contributed by atoms with Crippen LogP contribution in [0.2, 0.25) is 0 Å². The van der Waals surface area contributed by atoms with Crippen LogP contribution in [0.1, 0.15) is 17.5 Å². The van der Waals surface area contributed by atoms with Gasteiger partial charge in [-0.25, -0.2) is 0 Å². The van der Waals surface area contributed by atoms with E-state index in [4.69, 9.17) is 5.26 Å². The van der Waals surface area contributed by atoms with Crippen molar-refractivity contribution >= 4 is 12.6 Å². The molecule has 70 valence electrons. The van der Waals surface area contributed by atoms with Gasteiger partial charge in [-0.3, -0.25) is 0 Å². The van der Waals surface area contributed by atoms with Crippen LogP contribution in [0.3, 0.4) is 0 Å². The molecule has 1 aromatic carbocycles. The molecular weight excluding hydrogens is 194 g/mol. The average Bonchev–Trinajstić information content (AvgIpc) is 2.21. The molecular formula is C11H9NOS. The lowest BCUT2D eigenvalue weighted by atomic mass is 10.1. The highest BCUT2D eigenvalue weighted by Crippen LogP contribution is 2.16. The van der Waals surface area contributed by atoms with E-state index in [9.17, 15) is 5.11 Å². The van der Waals surface area contributed by atoms with Crippen molar-refractivity contribution in [1.29, 1.82) is 5.26 Å². The Kier molecular flexibility index (Phi) is 3.91. The van der Waals surface area contributed by atoms with Gasteiger partial charge in [0.25, 0.3) is 0 Å². The molecule has 0 aromatic heterocycles. The Balaban J connectivity index is 2.93. The second-order valence-corrected chi connectivity index (χ2v) is 3.07. The number of hydrogen-bond acceptors (Lipinski definition) is 3. The summed E-state index contributed by atoms with van der Waals surface area (Å²) in [5.41, 5.74) is 0.990. The Morgan fingerprint density at radius 2 is 2.21 bits per heavy atom. The molecule has 0 fully saturated rings. The molecule has 0 bridgehead atoms. The van der Waals surface area contributed by atoms with Gasteiger partial charge in [-0.05, 0) is 18.2 Å². The molecule has 0 aliphatic heterocycles. The normalized spacial score (nSPS) is 8.57. The summed E-state index contributed by atoms with van der Waals surface area (Å²) in [6, 6.07) is 6.62. The summed E-state index contributed by atoms with van der Waals surface area (Å²) in [6.07, 6.45) is 0.714. The number of aromatic hydroxyl groups is 1. The minimum atomic E-state index is -0.00718. The summed E-state index contributed by atoms with van der Waals surface area (Å²) in [5.74, 6) is 6.50. The van der Waals surface area contributed by atoms with Gasteiger partial charge in [0.15, 0.2) is 0 Å². The van der Waals surface area contributed by atoms with Crippen LogP contribution in [0, 0.1) is 23.2 Å². The number of nitriles is 1. The lowest BCUT2D eigenvalue weighted by Gasteiger charge is -1.95. The van der Waals surface area contributed by atoms with E-state index >= 15 is 0 Å². The van der Waals surface area contributed by atoms with E-state index in [2.05, 4.69) is 24.5 Å². The van der Waals surface area contributed by atoms with Crippen molar-refractivity contribution < 1.29 is 5.11 Å². The van der Waals surface area contributed by atoms with Crippen molar-refractivity contribution in [1.82, 2.24) is 0 Å². The summed E-state index contributed by atoms with van der Waals surface area (Å²) >= 11 is 4.03. The fraction of sp³-hybridized carbons (Fsp3) is 0.182. The van der Waals surface area contributed by atoms with Gasteiger partial charge in [0.2, 0.25) is 0 Å². The molecule has 0 unspecified atom stereocenters. The fourth-order valence-corrected chi connectivity index (χ4v) is 1.04. The largest absolute Gasteiger partial charge is 0.507 e. The Bertz CT molecular complexity index is 423. The molecule has 3 heteroatoms. The zero-order valence-electron chi connectivity index (χ0n) is 7.49. The molecule has 0 saturated heterocycles. The lowest BCUT2D eigenvalue weighted by molar-refractivity contribution is 0.473. The van der Waals surface area contributed by atoms with Crippen LogP contribution in [0.15, 0.2) is 18.2 Å². The van der Waals surface area contributed by atoms with Crippen LogP contribution in [0.25, 0.3) is 0 Å². The number of hydrogen-bond donors (Lipinski definition) is 2. The maximum absolute atomic E-state index is 9.22. The SMILES string of the molecule is N#Cc1cc(C#CCCS)ccc1O. The number of phenols is 1. The third kappa shape index (κ3) is 2.73. The van der Waals surface area contributed by atoms with E-state index in [0.29, 0.717) is 6.42 Å². The molecule has 0 spiro atoms. The Morgan fingerprint density at radius 3 is 2.86 bits per heavy atom. The molecule has 1 rings (SSSR count). The molecule has 0 aliphatic carbocycles. The monoisotopic (exact) mass is 203 g/mol. The van der Waals surface area contributed by atoms with Crippen LogP contribution < -0.4 is 0 Å². The van der Waals surface area contributed by atoms with E-state index in [-0.39, 0.29) is 11.3 Å². The Morgan fingerprint density at radius 1 is 1.43 bits per heavy atom. The van der Waals surface area contributed by atoms with Crippen molar-refractivity contribution in [3.05, 3.63) is 29.3 Å². The van der Waals surface area contributed by atoms with Crippen LogP contribution in [0.4, 0.5) is 0 Å². The lowest BCUT2D eigenvalue weighted by Crippen LogP contribution is -1.80. The molecule has 0 aliphatic rings. The molecule has 0 saturated carbocycles. The van der Waals surface area contributed by atoms with E-state index in [1.807, 2.05) is 6.07 Å². The average molecular weight is 203 g/mol. The van der Waals surface area contributed by atoms with Gasteiger partial charge in [0.1, 0.15) is 11.8 Å². The molecule has 0 atom stereocenters. The molecule has 14 heavy (non-hydrogen) atoms. The first kappa shape index (κ1) is 10.5. The predicted molar refractivity (Wildman–Crippen MR) is 58.2 cm³/mol. The van der Waals surface area contributed by atoms with Crippen molar-refractivity contribution in [2.45, 2.75) is 6.42 Å². The summed E-state index contributed by atoms with van der Waals surface area (Å²) in [4.78, 5) is 0. The van der Waals surface area contributed by atoms with Gasteiger partial charge in [0.05, 0.1) is 5.56 Å². The summed E-state index contributed by atoms with van der Waals surface area (Å²) < 4.78 is 0. The maximum atomic E-state index is 9.22. The second-order valence-electron chi connectivity index (χ2n) is 2.62. The highest BCUT2D eigenvalue weighted by atomic mass is 32.1. The van der Waals surface area contributed by atoms with E-state index in [1.54, 1.807) is 12.1 Å². The maximum Gasteiger partial charge on any atom is 0.133 e. The molecule has 0 radical (unpaired) electrons. The quantitative estimate of drug-likeness (QED) is 0.541. The van der Waals surface area contributed by atoms with Crippen molar-refractivity contribution in [3.8, 4) is 23.7 Å². The number of nitrogens with zero attached hydrogens (tertiary/aromatic N) is 1. The number of thiol groups is 1. The number of phenolic OH excluding ortho intramolecular Hbond substituents is 1. The van der Waals surface area contributed by atoms with Gasteiger partial charge in [-0.15, -0.1) is 0 Å². The predicted octanol–water partition coefficient (Wildman–Crippen LogP) is 1.94. The van der Waals surface area contributed by atoms with Crippen molar-refractivity contribution in [2.24, 2.45) is 0 Å². The highest BCUT2D eigenvalue weighted by Gasteiger charge is 1.98. The standard InChI is InChI=1S/C11H9NOS/c12-8-10-7-9(3-1-2-6-14)4-5-11(10)13/h4-5,7,13-14H,2,6H2. The zero-order chi connectivity index (χ0) is 10.4. The van der Waals surface area contributed by atoms with Gasteiger partial charge in [0, 0.05) is 17.7 Å². The number of benzene rings is 1. The zero-order valence-corrected chi connectivity index (χ0v) is 8.38. The van der Waals surface area contributed by atoms with E-state index < -0.39 is 0 Å². The van der Waals surface area contributed by atoms with Crippen LogP contribution in [-0.4, -0.2) is 10.9 Å². The fourth-order valence-electron chi connectivity index (χ4n) is 0.924. The summed E-state index contributed by atoms with van der Waals surface area (Å²) in [5, 5.41) is 17.9. The molecule has 1 N–H and O–H groups in total. The van der Waals surface area contributed by atoms with Crippen LogP contribution in [0.5, 0.6) is 5.75 Å². The first-order valence-corrected chi connectivity index (χ1v) is 4.74. The molecule has 0 amide bonds. The van der Waals surface area contributed by atoms with Gasteiger partial charge in [-0.1, -0.05) is 11.8 Å². The minimum Gasteiger partial charge on any atom is -0.507 e. The first-order valence-electron chi connectivity index (χ1n) is 4.11. The van der Waals surface area contributed by atoms with E-state index in [1.165, 1.54) is 6.07 Å². The Hall–Kier alpha value is -1.58. The van der Waals surface area contributed by atoms with Gasteiger partial charge >= 0.3 is 0 Å². The minimum absolute atomic E-state index is 0.00718. The third-order valence-electron chi connectivity index (χ3n) is 1.59. The molecule has 1 aromatic rings. The highest BCUT2D eigenvalue weighted by molar-refractivity contribution is 7.80. The topological polar surface area (TPSA) is 44.0 Å². The third-order valence-corrected chi connectivity index (χ3v) is 1.81. The number of rotatable bonds is 1. The molecule has 2 nitrogen and oxygen atoms in total. The van der Waals surface area contributed by atoms with Crippen LogP contribution >= 0.6 is 12.6 Å². The summed E-state index contributed by atoms with van der Waals surface area (Å²) in [7, 11) is 0. The Labute approximate surface area is 88.6 Å². The smallest absolute Gasteiger partial charge is 0.133 e. The van der Waals surface area contributed by atoms with Crippen molar-refractivity contribution in [3.63, 3.8) is 0 Å². The van der Waals surface area contributed by atoms with Gasteiger partial charge < -0.3 is 5.11 Å². The summed E-state index contributed by atoms with van der Waals surface area (Å²) in [6.45, 7) is 0. The van der Waals surface area contributed by atoms with Gasteiger partial charge in [-0.2, -0.15) is 17.9 Å². The second kappa shape index (κ2) is 5.21.